The average molecular weight is 170 g/mol. The number of Topliss-reactive ketones (excluding diaryl/α,β-unsaturated/α-hetero) is 1. The number of ether oxygens (including phenoxy) is 1. The number of carbonyl (C=O) groups is 1. The third-order valence-corrected chi connectivity index (χ3v) is 2.26. The smallest absolute Gasteiger partial charge is 0.135 e. The van der Waals surface area contributed by atoms with Gasteiger partial charge < -0.3 is 4.74 Å². The largest absolute Gasteiger partial charge is 0.381 e. The molecule has 1 fully saturated rings. The highest BCUT2D eigenvalue weighted by Crippen LogP contribution is 2.33. The molecule has 0 aromatic carbocycles. The zero-order valence-electron chi connectivity index (χ0n) is 7.84. The monoisotopic (exact) mass is 170 g/mol. The van der Waals surface area contributed by atoms with Gasteiger partial charge in [-0.05, 0) is 19.3 Å². The van der Waals surface area contributed by atoms with Gasteiger partial charge >= 0.3 is 0 Å². The number of rotatable bonds is 7. The maximum absolute atomic E-state index is 11.2. The van der Waals surface area contributed by atoms with Crippen LogP contribution in [0.25, 0.3) is 0 Å². The summed E-state index contributed by atoms with van der Waals surface area (Å²) in [5, 5.41) is 0. The Labute approximate surface area is 74.3 Å². The van der Waals surface area contributed by atoms with Crippen molar-refractivity contribution in [2.45, 2.75) is 39.0 Å². The first-order valence-corrected chi connectivity index (χ1v) is 4.92. The number of hydrogen-bond donors (Lipinski definition) is 0. The van der Waals surface area contributed by atoms with Crippen molar-refractivity contribution in [1.29, 1.82) is 0 Å². The van der Waals surface area contributed by atoms with Gasteiger partial charge in [0.25, 0.3) is 0 Å². The lowest BCUT2D eigenvalue weighted by Gasteiger charge is -2.00. The van der Waals surface area contributed by atoms with Crippen molar-refractivity contribution in [2.24, 2.45) is 5.92 Å². The van der Waals surface area contributed by atoms with E-state index in [1.165, 1.54) is 12.8 Å². The van der Waals surface area contributed by atoms with E-state index in [9.17, 15) is 4.79 Å². The summed E-state index contributed by atoms with van der Waals surface area (Å²) in [5.41, 5.74) is 0. The Hall–Kier alpha value is -0.370. The molecule has 0 atom stereocenters. The van der Waals surface area contributed by atoms with Gasteiger partial charge in [0, 0.05) is 19.4 Å². The van der Waals surface area contributed by atoms with E-state index in [4.69, 9.17) is 4.74 Å². The summed E-state index contributed by atoms with van der Waals surface area (Å²) in [4.78, 5) is 11.2. The molecule has 0 saturated heterocycles. The highest BCUT2D eigenvalue weighted by molar-refractivity contribution is 5.78. The van der Waals surface area contributed by atoms with E-state index >= 15 is 0 Å². The maximum Gasteiger partial charge on any atom is 0.135 e. The molecule has 1 rings (SSSR count). The predicted octanol–water partition coefficient (Wildman–Crippen LogP) is 2.17. The van der Waals surface area contributed by atoms with Crippen molar-refractivity contribution in [3.63, 3.8) is 0 Å². The third kappa shape index (κ3) is 4.50. The van der Waals surface area contributed by atoms with Gasteiger partial charge in [0.05, 0.1) is 6.61 Å². The summed E-state index contributed by atoms with van der Waals surface area (Å²) in [6, 6.07) is 0. The zero-order chi connectivity index (χ0) is 8.81. The van der Waals surface area contributed by atoms with E-state index in [-0.39, 0.29) is 0 Å². The van der Waals surface area contributed by atoms with Crippen molar-refractivity contribution >= 4 is 5.78 Å². The number of carbonyl (C=O) groups excluding carboxylic acids is 1. The Morgan fingerprint density at radius 3 is 2.75 bits per heavy atom. The minimum atomic E-state index is 0.371. The van der Waals surface area contributed by atoms with Crippen molar-refractivity contribution in [1.82, 2.24) is 0 Å². The molecule has 0 aromatic rings. The van der Waals surface area contributed by atoms with Gasteiger partial charge in [-0.2, -0.15) is 0 Å². The molecule has 12 heavy (non-hydrogen) atoms. The van der Waals surface area contributed by atoms with Crippen molar-refractivity contribution in [3.8, 4) is 0 Å². The van der Waals surface area contributed by atoms with Crippen LogP contribution in [-0.2, 0) is 9.53 Å². The summed E-state index contributed by atoms with van der Waals surface area (Å²) in [6.45, 7) is 3.28. The van der Waals surface area contributed by atoms with Crippen molar-refractivity contribution in [3.05, 3.63) is 0 Å². The van der Waals surface area contributed by atoms with Gasteiger partial charge in [0.1, 0.15) is 5.78 Å². The van der Waals surface area contributed by atoms with Crippen LogP contribution in [0, 0.1) is 5.92 Å². The summed E-state index contributed by atoms with van der Waals surface area (Å²) >= 11 is 0. The van der Waals surface area contributed by atoms with Gasteiger partial charge in [-0.15, -0.1) is 0 Å². The second-order valence-corrected chi connectivity index (χ2v) is 3.47. The number of ketones is 1. The van der Waals surface area contributed by atoms with E-state index in [0.29, 0.717) is 18.8 Å². The minimum Gasteiger partial charge on any atom is -0.381 e. The maximum atomic E-state index is 11.2. The van der Waals surface area contributed by atoms with E-state index in [0.717, 1.165) is 25.4 Å². The van der Waals surface area contributed by atoms with Gasteiger partial charge in [-0.3, -0.25) is 4.79 Å². The molecule has 0 spiro atoms. The lowest BCUT2D eigenvalue weighted by atomic mass is 10.1. The first-order chi connectivity index (χ1) is 5.83. The molecule has 0 heterocycles. The SMILES string of the molecule is CCOCCC(=O)CCC1CC1. The van der Waals surface area contributed by atoms with Gasteiger partial charge in [-0.25, -0.2) is 0 Å². The fourth-order valence-corrected chi connectivity index (χ4v) is 1.23. The van der Waals surface area contributed by atoms with Crippen LogP contribution in [0.1, 0.15) is 39.0 Å². The van der Waals surface area contributed by atoms with Crippen LogP contribution in [-0.4, -0.2) is 19.0 Å². The normalized spacial score (nSPS) is 16.4. The molecular weight excluding hydrogens is 152 g/mol. The van der Waals surface area contributed by atoms with Crippen molar-refractivity contribution in [2.75, 3.05) is 13.2 Å². The standard InChI is InChI=1S/C10H18O2/c1-2-12-8-7-10(11)6-5-9-3-4-9/h9H,2-8H2,1H3. The first kappa shape index (κ1) is 9.72. The molecule has 2 heteroatoms. The Morgan fingerprint density at radius 1 is 1.42 bits per heavy atom. The van der Waals surface area contributed by atoms with Crippen molar-refractivity contribution < 1.29 is 9.53 Å². The summed E-state index contributed by atoms with van der Waals surface area (Å²) in [6.07, 6.45) is 5.20. The first-order valence-electron chi connectivity index (χ1n) is 4.92. The Kier molecular flexibility index (Phi) is 4.30. The van der Waals surface area contributed by atoms with Gasteiger partial charge in [-0.1, -0.05) is 12.8 Å². The molecule has 0 unspecified atom stereocenters. The topological polar surface area (TPSA) is 26.3 Å². The Bertz CT molecular complexity index is 139. The van der Waals surface area contributed by atoms with Gasteiger partial charge in [0.15, 0.2) is 0 Å². The molecule has 2 nitrogen and oxygen atoms in total. The lowest BCUT2D eigenvalue weighted by Crippen LogP contribution is -2.04. The van der Waals surface area contributed by atoms with Crippen LogP contribution in [0.4, 0.5) is 0 Å². The fraction of sp³-hybridized carbons (Fsp3) is 0.900. The lowest BCUT2D eigenvalue weighted by molar-refractivity contribution is -0.120. The molecular formula is C10H18O2. The summed E-state index contributed by atoms with van der Waals surface area (Å²) < 4.78 is 5.11. The van der Waals surface area contributed by atoms with Gasteiger partial charge in [0.2, 0.25) is 0 Å². The molecule has 0 N–H and O–H groups in total. The fourth-order valence-electron chi connectivity index (χ4n) is 1.23. The van der Waals surface area contributed by atoms with Crippen LogP contribution < -0.4 is 0 Å². The highest BCUT2D eigenvalue weighted by atomic mass is 16.5. The Balaban J connectivity index is 1.88. The zero-order valence-corrected chi connectivity index (χ0v) is 7.84. The molecule has 0 aliphatic heterocycles. The third-order valence-electron chi connectivity index (χ3n) is 2.26. The molecule has 0 radical (unpaired) electrons. The van der Waals surface area contributed by atoms with E-state index < -0.39 is 0 Å². The second-order valence-electron chi connectivity index (χ2n) is 3.47. The van der Waals surface area contributed by atoms with Crippen LogP contribution in [0.15, 0.2) is 0 Å². The second kappa shape index (κ2) is 5.31. The average Bonchev–Trinajstić information content (AvgIpc) is 2.84. The van der Waals surface area contributed by atoms with Crippen LogP contribution in [0.3, 0.4) is 0 Å². The molecule has 0 bridgehead atoms. The molecule has 1 saturated carbocycles. The quantitative estimate of drug-likeness (QED) is 0.547. The molecule has 70 valence electrons. The molecule has 0 amide bonds. The minimum absolute atomic E-state index is 0.371. The molecule has 1 aliphatic carbocycles. The highest BCUT2D eigenvalue weighted by Gasteiger charge is 2.21. The summed E-state index contributed by atoms with van der Waals surface area (Å²) in [5.74, 6) is 1.25. The summed E-state index contributed by atoms with van der Waals surface area (Å²) in [7, 11) is 0. The van der Waals surface area contributed by atoms with Crippen LogP contribution >= 0.6 is 0 Å². The molecule has 0 aromatic heterocycles. The molecule has 1 aliphatic rings. The van der Waals surface area contributed by atoms with E-state index in [1.807, 2.05) is 6.92 Å². The van der Waals surface area contributed by atoms with E-state index in [1.54, 1.807) is 0 Å². The Morgan fingerprint density at radius 2 is 2.17 bits per heavy atom. The van der Waals surface area contributed by atoms with Crippen LogP contribution in [0.5, 0.6) is 0 Å². The predicted molar refractivity (Wildman–Crippen MR) is 48.1 cm³/mol. The van der Waals surface area contributed by atoms with Crippen LogP contribution in [0.2, 0.25) is 0 Å². The number of hydrogen-bond acceptors (Lipinski definition) is 2. The van der Waals surface area contributed by atoms with E-state index in [2.05, 4.69) is 0 Å².